The van der Waals surface area contributed by atoms with Crippen LogP contribution in [-0.2, 0) is 4.79 Å². The Labute approximate surface area is 129 Å². The van der Waals surface area contributed by atoms with E-state index in [1.807, 2.05) is 34.4 Å². The molecule has 1 aromatic rings. The molecule has 0 atom stereocenters. The number of thiophene rings is 1. The molecule has 20 heavy (non-hydrogen) atoms. The molecule has 2 amide bonds. The summed E-state index contributed by atoms with van der Waals surface area (Å²) in [6.07, 6.45) is 0.523. The molecule has 1 fully saturated rings. The first-order valence-corrected chi connectivity index (χ1v) is 7.35. The molecular formula is C13H20ClN3O2S. The summed E-state index contributed by atoms with van der Waals surface area (Å²) in [5, 5.41) is 4.88. The van der Waals surface area contributed by atoms with Gasteiger partial charge in [-0.3, -0.25) is 9.59 Å². The van der Waals surface area contributed by atoms with Gasteiger partial charge in [0.2, 0.25) is 5.91 Å². The van der Waals surface area contributed by atoms with Crippen molar-refractivity contribution in [1.29, 1.82) is 0 Å². The lowest BCUT2D eigenvalue weighted by molar-refractivity contribution is -0.132. The Kier molecular flexibility index (Phi) is 6.98. The normalized spacial score (nSPS) is 14.8. The molecule has 0 radical (unpaired) electrons. The third kappa shape index (κ3) is 4.19. The molecule has 1 aliphatic rings. The van der Waals surface area contributed by atoms with Crippen molar-refractivity contribution in [1.82, 2.24) is 15.1 Å². The lowest BCUT2D eigenvalue weighted by Gasteiger charge is -2.34. The Morgan fingerprint density at radius 3 is 2.45 bits per heavy atom. The van der Waals surface area contributed by atoms with Crippen LogP contribution in [0.3, 0.4) is 0 Å². The summed E-state index contributed by atoms with van der Waals surface area (Å²) in [6, 6.07) is 3.73. The maximum absolute atomic E-state index is 12.1. The Bertz CT molecular complexity index is 431. The van der Waals surface area contributed by atoms with Gasteiger partial charge in [-0.2, -0.15) is 0 Å². The molecule has 112 valence electrons. The first kappa shape index (κ1) is 16.9. The van der Waals surface area contributed by atoms with E-state index in [1.54, 1.807) is 0 Å². The van der Waals surface area contributed by atoms with E-state index in [2.05, 4.69) is 5.32 Å². The number of hydrogen-bond donors (Lipinski definition) is 1. The monoisotopic (exact) mass is 317 g/mol. The van der Waals surface area contributed by atoms with Crippen LogP contribution >= 0.6 is 23.7 Å². The summed E-state index contributed by atoms with van der Waals surface area (Å²) < 4.78 is 0. The van der Waals surface area contributed by atoms with Crippen LogP contribution in [0.4, 0.5) is 0 Å². The summed E-state index contributed by atoms with van der Waals surface area (Å²) in [5.41, 5.74) is 0. The number of hydrogen-bond acceptors (Lipinski definition) is 4. The number of nitrogens with one attached hydrogen (secondary N) is 1. The highest BCUT2D eigenvalue weighted by molar-refractivity contribution is 7.12. The highest BCUT2D eigenvalue weighted by atomic mass is 35.5. The fraction of sp³-hybridized carbons (Fsp3) is 0.538. The number of rotatable bonds is 4. The zero-order valence-electron chi connectivity index (χ0n) is 11.5. The Balaban J connectivity index is 0.00000200. The minimum Gasteiger partial charge on any atom is -0.339 e. The zero-order chi connectivity index (χ0) is 13.7. The number of piperazine rings is 1. The topological polar surface area (TPSA) is 52.7 Å². The number of carbonyl (C=O) groups is 2. The molecule has 2 heterocycles. The Hall–Kier alpha value is -1.11. The van der Waals surface area contributed by atoms with Crippen LogP contribution in [0.15, 0.2) is 17.5 Å². The van der Waals surface area contributed by atoms with Crippen LogP contribution in [0, 0.1) is 0 Å². The van der Waals surface area contributed by atoms with Gasteiger partial charge in [-0.25, -0.2) is 0 Å². The van der Waals surface area contributed by atoms with Crippen LogP contribution in [0.2, 0.25) is 0 Å². The van der Waals surface area contributed by atoms with Crippen molar-refractivity contribution in [2.24, 2.45) is 0 Å². The number of amides is 2. The van der Waals surface area contributed by atoms with Crippen molar-refractivity contribution in [3.05, 3.63) is 22.4 Å². The molecule has 2 rings (SSSR count). The maximum Gasteiger partial charge on any atom is 0.264 e. The summed E-state index contributed by atoms with van der Waals surface area (Å²) in [5.74, 6) is 0.245. The maximum atomic E-state index is 12.1. The van der Waals surface area contributed by atoms with Gasteiger partial charge in [0.15, 0.2) is 0 Å². The van der Waals surface area contributed by atoms with E-state index < -0.39 is 0 Å². The quantitative estimate of drug-likeness (QED) is 0.903. The van der Waals surface area contributed by atoms with E-state index in [-0.39, 0.29) is 24.2 Å². The minimum absolute atomic E-state index is 0. The first-order valence-electron chi connectivity index (χ1n) is 6.47. The number of nitrogens with zero attached hydrogens (tertiary/aromatic N) is 2. The van der Waals surface area contributed by atoms with Crippen LogP contribution in [0.5, 0.6) is 0 Å². The van der Waals surface area contributed by atoms with Gasteiger partial charge in [-0.05, 0) is 18.5 Å². The average molecular weight is 318 g/mol. The smallest absolute Gasteiger partial charge is 0.264 e. The second-order valence-electron chi connectivity index (χ2n) is 4.50. The highest BCUT2D eigenvalue weighted by Crippen LogP contribution is 2.14. The largest absolute Gasteiger partial charge is 0.339 e. The molecule has 1 N–H and O–H groups in total. The molecule has 0 spiro atoms. The van der Waals surface area contributed by atoms with E-state index in [1.165, 1.54) is 11.3 Å². The second kappa shape index (κ2) is 8.24. The van der Waals surface area contributed by atoms with E-state index in [0.29, 0.717) is 39.1 Å². The highest BCUT2D eigenvalue weighted by Gasteiger charge is 2.24. The zero-order valence-corrected chi connectivity index (χ0v) is 13.1. The van der Waals surface area contributed by atoms with Crippen molar-refractivity contribution < 1.29 is 9.59 Å². The molecule has 0 saturated carbocycles. The van der Waals surface area contributed by atoms with Gasteiger partial charge < -0.3 is 15.1 Å². The van der Waals surface area contributed by atoms with Crippen LogP contribution in [0.1, 0.15) is 16.1 Å². The van der Waals surface area contributed by atoms with Gasteiger partial charge in [0.1, 0.15) is 0 Å². The molecule has 0 unspecified atom stereocenters. The second-order valence-corrected chi connectivity index (χ2v) is 5.45. The molecule has 0 aromatic carbocycles. The van der Waals surface area contributed by atoms with Gasteiger partial charge in [-0.1, -0.05) is 6.07 Å². The molecule has 1 saturated heterocycles. The van der Waals surface area contributed by atoms with Crippen molar-refractivity contribution in [2.45, 2.75) is 6.42 Å². The molecule has 1 aliphatic heterocycles. The predicted molar refractivity (Wildman–Crippen MR) is 82.6 cm³/mol. The van der Waals surface area contributed by atoms with E-state index >= 15 is 0 Å². The van der Waals surface area contributed by atoms with Gasteiger partial charge >= 0.3 is 0 Å². The molecule has 1 aromatic heterocycles. The lowest BCUT2D eigenvalue weighted by Crippen LogP contribution is -2.50. The summed E-state index contributed by atoms with van der Waals surface area (Å²) >= 11 is 1.46. The first-order chi connectivity index (χ1) is 9.22. The van der Waals surface area contributed by atoms with E-state index in [4.69, 9.17) is 0 Å². The molecular weight excluding hydrogens is 298 g/mol. The number of carbonyl (C=O) groups excluding carboxylic acids is 2. The average Bonchev–Trinajstić information content (AvgIpc) is 2.98. The third-order valence-electron chi connectivity index (χ3n) is 3.24. The standard InChI is InChI=1S/C13H19N3O2S.ClH/c1-14-5-4-12(17)15-6-8-16(9-7-15)13(18)11-3-2-10-19-11;/h2-3,10,14H,4-9H2,1H3;1H. The molecule has 5 nitrogen and oxygen atoms in total. The summed E-state index contributed by atoms with van der Waals surface area (Å²) in [6.45, 7) is 3.23. The predicted octanol–water partition coefficient (Wildman–Crippen LogP) is 1.06. The van der Waals surface area contributed by atoms with Crippen molar-refractivity contribution >= 4 is 35.6 Å². The lowest BCUT2D eigenvalue weighted by atomic mass is 10.2. The van der Waals surface area contributed by atoms with Crippen molar-refractivity contribution in [2.75, 3.05) is 39.8 Å². The summed E-state index contributed by atoms with van der Waals surface area (Å²) in [4.78, 5) is 28.4. The third-order valence-corrected chi connectivity index (χ3v) is 4.10. The fourth-order valence-corrected chi connectivity index (χ4v) is 2.80. The van der Waals surface area contributed by atoms with E-state index in [9.17, 15) is 9.59 Å². The van der Waals surface area contributed by atoms with Crippen LogP contribution < -0.4 is 5.32 Å². The van der Waals surface area contributed by atoms with Crippen LogP contribution in [-0.4, -0.2) is 61.4 Å². The summed E-state index contributed by atoms with van der Waals surface area (Å²) in [7, 11) is 1.84. The van der Waals surface area contributed by atoms with Crippen molar-refractivity contribution in [3.63, 3.8) is 0 Å². The molecule has 0 bridgehead atoms. The van der Waals surface area contributed by atoms with Gasteiger partial charge in [0, 0.05) is 39.1 Å². The van der Waals surface area contributed by atoms with Gasteiger partial charge in [-0.15, -0.1) is 23.7 Å². The number of halogens is 1. The molecule has 7 heteroatoms. The molecule has 0 aliphatic carbocycles. The van der Waals surface area contributed by atoms with Gasteiger partial charge in [0.25, 0.3) is 5.91 Å². The Morgan fingerprint density at radius 1 is 1.25 bits per heavy atom. The van der Waals surface area contributed by atoms with Crippen molar-refractivity contribution in [3.8, 4) is 0 Å². The van der Waals surface area contributed by atoms with Gasteiger partial charge in [0.05, 0.1) is 4.88 Å². The fourth-order valence-electron chi connectivity index (χ4n) is 2.11. The van der Waals surface area contributed by atoms with Crippen LogP contribution in [0.25, 0.3) is 0 Å². The van der Waals surface area contributed by atoms with E-state index in [0.717, 1.165) is 4.88 Å². The SMILES string of the molecule is CNCCC(=O)N1CCN(C(=O)c2cccs2)CC1.Cl. The Morgan fingerprint density at radius 2 is 1.90 bits per heavy atom. The minimum atomic E-state index is 0.